The monoisotopic (exact) mass is 211 g/mol. The molecule has 1 aliphatic carbocycles. The van der Waals surface area contributed by atoms with Crippen molar-refractivity contribution < 1.29 is 5.11 Å². The molecule has 0 aromatic rings. The molecule has 1 heterocycles. The third kappa shape index (κ3) is 2.54. The average Bonchev–Trinajstić information content (AvgIpc) is 2.65. The lowest BCUT2D eigenvalue weighted by atomic mass is 9.86. The Morgan fingerprint density at radius 3 is 2.20 bits per heavy atom. The number of aliphatic hydroxyl groups excluding tert-OH is 1. The van der Waals surface area contributed by atoms with Crippen molar-refractivity contribution in [1.82, 2.24) is 4.90 Å². The van der Waals surface area contributed by atoms with Gasteiger partial charge in [0.15, 0.2) is 0 Å². The number of nitrogens with zero attached hydrogens (tertiary/aromatic N) is 1. The Morgan fingerprint density at radius 1 is 1.07 bits per heavy atom. The molecule has 1 aliphatic heterocycles. The Kier molecular flexibility index (Phi) is 3.68. The fraction of sp³-hybridized carbons (Fsp3) is 1.00. The maximum Gasteiger partial charge on any atom is 0.0695 e. The molecule has 2 fully saturated rings. The molecule has 88 valence electrons. The van der Waals surface area contributed by atoms with E-state index in [9.17, 15) is 5.11 Å². The van der Waals surface area contributed by atoms with Crippen LogP contribution in [-0.4, -0.2) is 35.2 Å². The van der Waals surface area contributed by atoms with Crippen LogP contribution in [0.4, 0.5) is 0 Å². The minimum absolute atomic E-state index is 0.0411. The van der Waals surface area contributed by atoms with Gasteiger partial charge in [0.05, 0.1) is 6.10 Å². The van der Waals surface area contributed by atoms with E-state index in [1.165, 1.54) is 38.8 Å². The summed E-state index contributed by atoms with van der Waals surface area (Å²) in [5, 5.41) is 9.87. The molecular formula is C13H25NO. The van der Waals surface area contributed by atoms with Crippen molar-refractivity contribution in [2.45, 2.75) is 58.1 Å². The second-order valence-electron chi connectivity index (χ2n) is 5.68. The average molecular weight is 211 g/mol. The first-order valence-corrected chi connectivity index (χ1v) is 6.60. The quantitative estimate of drug-likeness (QED) is 0.757. The van der Waals surface area contributed by atoms with Crippen LogP contribution in [0.15, 0.2) is 0 Å². The van der Waals surface area contributed by atoms with Gasteiger partial charge in [-0.3, -0.25) is 4.90 Å². The Labute approximate surface area is 93.7 Å². The van der Waals surface area contributed by atoms with Gasteiger partial charge in [0.1, 0.15) is 0 Å². The van der Waals surface area contributed by atoms with Gasteiger partial charge in [-0.2, -0.15) is 0 Å². The van der Waals surface area contributed by atoms with Crippen LogP contribution in [0.25, 0.3) is 0 Å². The Balaban J connectivity index is 1.82. The zero-order chi connectivity index (χ0) is 10.8. The van der Waals surface area contributed by atoms with Gasteiger partial charge >= 0.3 is 0 Å². The van der Waals surface area contributed by atoms with Gasteiger partial charge in [0, 0.05) is 6.04 Å². The molecule has 0 aromatic carbocycles. The summed E-state index contributed by atoms with van der Waals surface area (Å²) in [6.45, 7) is 7.10. The topological polar surface area (TPSA) is 23.5 Å². The van der Waals surface area contributed by atoms with Crippen LogP contribution in [-0.2, 0) is 0 Å². The molecule has 1 saturated heterocycles. The van der Waals surface area contributed by atoms with E-state index in [4.69, 9.17) is 0 Å². The summed E-state index contributed by atoms with van der Waals surface area (Å²) in [7, 11) is 0. The highest BCUT2D eigenvalue weighted by atomic mass is 16.3. The summed E-state index contributed by atoms with van der Waals surface area (Å²) in [6.07, 6.45) is 6.08. The largest absolute Gasteiger partial charge is 0.391 e. The molecule has 0 aromatic heterocycles. The van der Waals surface area contributed by atoms with E-state index in [2.05, 4.69) is 18.7 Å². The van der Waals surface area contributed by atoms with Crippen molar-refractivity contribution in [3.8, 4) is 0 Å². The van der Waals surface area contributed by atoms with Crippen molar-refractivity contribution in [3.05, 3.63) is 0 Å². The molecule has 0 spiro atoms. The van der Waals surface area contributed by atoms with Crippen LogP contribution in [0.3, 0.4) is 0 Å². The molecule has 0 amide bonds. The highest BCUT2D eigenvalue weighted by Gasteiger charge is 2.33. The molecule has 1 N–H and O–H groups in total. The fourth-order valence-electron chi connectivity index (χ4n) is 3.26. The van der Waals surface area contributed by atoms with Crippen molar-refractivity contribution in [2.24, 2.45) is 11.8 Å². The molecule has 2 unspecified atom stereocenters. The Bertz CT molecular complexity index is 197. The van der Waals surface area contributed by atoms with E-state index in [1.807, 2.05) is 0 Å². The predicted octanol–water partition coefficient (Wildman–Crippen LogP) is 2.27. The van der Waals surface area contributed by atoms with E-state index in [-0.39, 0.29) is 6.10 Å². The molecule has 2 rings (SSSR count). The third-order valence-corrected chi connectivity index (χ3v) is 4.43. The normalized spacial score (nSPS) is 35.2. The van der Waals surface area contributed by atoms with Crippen LogP contribution in [0, 0.1) is 11.8 Å². The number of rotatable bonds is 2. The summed E-state index contributed by atoms with van der Waals surface area (Å²) < 4.78 is 0. The second-order valence-corrected chi connectivity index (χ2v) is 5.68. The third-order valence-electron chi connectivity index (χ3n) is 4.43. The number of likely N-dealkylation sites (tertiary alicyclic amines) is 1. The number of hydrogen-bond donors (Lipinski definition) is 1. The number of piperidine rings is 1. The molecule has 2 aliphatic rings. The van der Waals surface area contributed by atoms with Crippen LogP contribution in [0.5, 0.6) is 0 Å². The van der Waals surface area contributed by atoms with Crippen molar-refractivity contribution in [3.63, 3.8) is 0 Å². The van der Waals surface area contributed by atoms with Crippen LogP contribution >= 0.6 is 0 Å². The lowest BCUT2D eigenvalue weighted by Crippen LogP contribution is -2.45. The van der Waals surface area contributed by atoms with E-state index in [1.54, 1.807) is 0 Å². The van der Waals surface area contributed by atoms with Gasteiger partial charge < -0.3 is 5.11 Å². The summed E-state index contributed by atoms with van der Waals surface area (Å²) in [4.78, 5) is 2.54. The van der Waals surface area contributed by atoms with Gasteiger partial charge in [0.25, 0.3) is 0 Å². The maximum absolute atomic E-state index is 9.87. The maximum atomic E-state index is 9.87. The highest BCUT2D eigenvalue weighted by Crippen LogP contribution is 2.30. The molecule has 15 heavy (non-hydrogen) atoms. The summed E-state index contributed by atoms with van der Waals surface area (Å²) >= 11 is 0. The van der Waals surface area contributed by atoms with Crippen LogP contribution < -0.4 is 0 Å². The van der Waals surface area contributed by atoms with E-state index in [0.29, 0.717) is 6.04 Å². The second kappa shape index (κ2) is 4.84. The molecule has 0 radical (unpaired) electrons. The molecule has 0 bridgehead atoms. The predicted molar refractivity (Wildman–Crippen MR) is 62.8 cm³/mol. The molecule has 2 atom stereocenters. The van der Waals surface area contributed by atoms with Crippen molar-refractivity contribution >= 4 is 0 Å². The van der Waals surface area contributed by atoms with Gasteiger partial charge in [0.2, 0.25) is 0 Å². The van der Waals surface area contributed by atoms with Gasteiger partial charge in [-0.15, -0.1) is 0 Å². The van der Waals surface area contributed by atoms with Gasteiger partial charge in [-0.05, 0) is 57.0 Å². The first kappa shape index (κ1) is 11.4. The zero-order valence-corrected chi connectivity index (χ0v) is 10.2. The standard InChI is InChI=1S/C13H25NO/c1-10(2)11-6-8-14(9-7-11)12-4-3-5-13(12)15/h10-13,15H,3-9H2,1-2H3. The van der Waals surface area contributed by atoms with Gasteiger partial charge in [-0.1, -0.05) is 13.8 Å². The Morgan fingerprint density at radius 2 is 1.73 bits per heavy atom. The first-order valence-electron chi connectivity index (χ1n) is 6.60. The molecular weight excluding hydrogens is 186 g/mol. The van der Waals surface area contributed by atoms with Gasteiger partial charge in [-0.25, -0.2) is 0 Å². The molecule has 2 heteroatoms. The van der Waals surface area contributed by atoms with Crippen molar-refractivity contribution in [1.29, 1.82) is 0 Å². The summed E-state index contributed by atoms with van der Waals surface area (Å²) in [6, 6.07) is 0.484. The smallest absolute Gasteiger partial charge is 0.0695 e. The lowest BCUT2D eigenvalue weighted by Gasteiger charge is -2.38. The minimum atomic E-state index is -0.0411. The van der Waals surface area contributed by atoms with Crippen molar-refractivity contribution in [2.75, 3.05) is 13.1 Å². The SMILES string of the molecule is CC(C)C1CCN(C2CCCC2O)CC1. The highest BCUT2D eigenvalue weighted by molar-refractivity contribution is 4.87. The summed E-state index contributed by atoms with van der Waals surface area (Å²) in [5.41, 5.74) is 0. The molecule has 2 nitrogen and oxygen atoms in total. The summed E-state index contributed by atoms with van der Waals surface area (Å²) in [5.74, 6) is 1.75. The van der Waals surface area contributed by atoms with E-state index >= 15 is 0 Å². The molecule has 1 saturated carbocycles. The van der Waals surface area contributed by atoms with Crippen LogP contribution in [0.1, 0.15) is 46.0 Å². The minimum Gasteiger partial charge on any atom is -0.391 e. The van der Waals surface area contributed by atoms with E-state index in [0.717, 1.165) is 18.3 Å². The Hall–Kier alpha value is -0.0800. The first-order chi connectivity index (χ1) is 7.18. The fourth-order valence-corrected chi connectivity index (χ4v) is 3.26. The van der Waals surface area contributed by atoms with Crippen LogP contribution in [0.2, 0.25) is 0 Å². The zero-order valence-electron chi connectivity index (χ0n) is 10.2. The lowest BCUT2D eigenvalue weighted by molar-refractivity contribution is 0.0424. The number of hydrogen-bond acceptors (Lipinski definition) is 2. The number of aliphatic hydroxyl groups is 1. The van der Waals surface area contributed by atoms with E-state index < -0.39 is 0 Å².